The zero-order chi connectivity index (χ0) is 22.1. The fraction of sp³-hybridized carbons (Fsp3) is 0.241. The smallest absolute Gasteiger partial charge is 0.305 e. The molecule has 5 rings (SSSR count). The molecule has 0 aliphatic heterocycles. The number of ether oxygens (including phenoxy) is 1. The largest absolute Gasteiger partial charge is 0.469 e. The number of hydrogen-bond donors (Lipinski definition) is 0. The molecule has 3 heteroatoms. The van der Waals surface area contributed by atoms with Gasteiger partial charge < -0.3 is 4.74 Å². The zero-order valence-corrected chi connectivity index (χ0v) is 18.3. The summed E-state index contributed by atoms with van der Waals surface area (Å²) in [4.78, 5) is 24.6. The molecule has 0 aromatic heterocycles. The van der Waals surface area contributed by atoms with Crippen LogP contribution < -0.4 is 0 Å². The van der Waals surface area contributed by atoms with Crippen molar-refractivity contribution < 1.29 is 14.3 Å². The van der Waals surface area contributed by atoms with Crippen LogP contribution in [0, 0.1) is 0 Å². The number of methoxy groups -OCH3 is 1. The van der Waals surface area contributed by atoms with Gasteiger partial charge in [-0.25, -0.2) is 0 Å². The number of rotatable bonds is 8. The van der Waals surface area contributed by atoms with Gasteiger partial charge in [-0.2, -0.15) is 0 Å². The lowest BCUT2D eigenvalue weighted by atomic mass is 9.86. The van der Waals surface area contributed by atoms with E-state index >= 15 is 0 Å². The zero-order valence-electron chi connectivity index (χ0n) is 18.3. The Kier molecular flexibility index (Phi) is 5.48. The molecule has 160 valence electrons. The number of carbonyl (C=O) groups is 2. The van der Waals surface area contributed by atoms with Gasteiger partial charge in [0.2, 0.25) is 0 Å². The van der Waals surface area contributed by atoms with Gasteiger partial charge in [-0.1, -0.05) is 79.6 Å². The van der Waals surface area contributed by atoms with Crippen molar-refractivity contribution in [3.8, 4) is 0 Å². The molecular weight excluding hydrogens is 396 g/mol. The van der Waals surface area contributed by atoms with E-state index in [1.165, 1.54) is 39.4 Å². The number of esters is 1. The molecule has 0 atom stereocenters. The Bertz CT molecular complexity index is 1440. The number of carbonyl (C=O) groups excluding carboxylic acids is 2. The Hall–Kier alpha value is -3.46. The average Bonchev–Trinajstić information content (AvgIpc) is 2.83. The van der Waals surface area contributed by atoms with E-state index in [2.05, 4.69) is 65.4 Å². The lowest BCUT2D eigenvalue weighted by molar-refractivity contribution is -0.140. The molecule has 0 N–H and O–H groups in total. The third kappa shape index (κ3) is 3.48. The minimum atomic E-state index is -0.165. The predicted molar refractivity (Wildman–Crippen MR) is 132 cm³/mol. The second-order valence-corrected chi connectivity index (χ2v) is 8.51. The first-order chi connectivity index (χ1) is 15.7. The van der Waals surface area contributed by atoms with E-state index in [-0.39, 0.29) is 11.8 Å². The fourth-order valence-electron chi connectivity index (χ4n) is 5.03. The number of ketones is 1. The van der Waals surface area contributed by atoms with Gasteiger partial charge in [0.05, 0.1) is 7.11 Å². The molecule has 0 radical (unpaired) electrons. The summed E-state index contributed by atoms with van der Waals surface area (Å²) in [7, 11) is 1.42. The summed E-state index contributed by atoms with van der Waals surface area (Å²) in [5.74, 6) is 0.0302. The molecule has 5 aromatic carbocycles. The van der Waals surface area contributed by atoms with Crippen molar-refractivity contribution in [2.24, 2.45) is 0 Å². The van der Waals surface area contributed by atoms with Gasteiger partial charge in [-0.15, -0.1) is 0 Å². The van der Waals surface area contributed by atoms with E-state index in [0.717, 1.165) is 42.0 Å². The van der Waals surface area contributed by atoms with Crippen molar-refractivity contribution in [1.82, 2.24) is 0 Å². The quantitative estimate of drug-likeness (QED) is 0.0858. The maximum atomic E-state index is 13.3. The van der Waals surface area contributed by atoms with Gasteiger partial charge in [0.15, 0.2) is 5.78 Å². The van der Waals surface area contributed by atoms with E-state index in [1.807, 2.05) is 6.07 Å². The van der Waals surface area contributed by atoms with E-state index in [9.17, 15) is 9.59 Å². The molecule has 0 saturated heterocycles. The standard InChI is InChI=1S/C29H26O3/c1-32-26(31)16-5-3-2-4-15-25(30)23-18-17-20-11-7-13-22-21-12-6-9-19-10-8-14-24(27(19)21)29(23)28(20)22/h6-14,17-18H,2-5,15-16H2,1H3. The summed E-state index contributed by atoms with van der Waals surface area (Å²) in [5, 5.41) is 9.48. The minimum Gasteiger partial charge on any atom is -0.469 e. The molecular formula is C29H26O3. The maximum absolute atomic E-state index is 13.3. The van der Waals surface area contributed by atoms with Crippen molar-refractivity contribution in [3.05, 3.63) is 72.3 Å². The topological polar surface area (TPSA) is 43.4 Å². The number of Topliss-reactive ketones (excluding diaryl/α,β-unsaturated/α-hetero) is 1. The van der Waals surface area contributed by atoms with Crippen LogP contribution in [0.15, 0.2) is 66.7 Å². The second kappa shape index (κ2) is 8.58. The molecule has 0 bridgehead atoms. The number of hydrogen-bond acceptors (Lipinski definition) is 3. The third-order valence-corrected chi connectivity index (χ3v) is 6.57. The highest BCUT2D eigenvalue weighted by Gasteiger charge is 2.18. The van der Waals surface area contributed by atoms with Gasteiger partial charge in [0, 0.05) is 23.8 Å². The summed E-state index contributed by atoms with van der Waals surface area (Å²) in [5.41, 5.74) is 0.821. The van der Waals surface area contributed by atoms with Crippen LogP contribution in [-0.4, -0.2) is 18.9 Å². The van der Waals surface area contributed by atoms with E-state index in [1.54, 1.807) is 0 Å². The number of benzene rings is 5. The van der Waals surface area contributed by atoms with Crippen LogP contribution in [0.4, 0.5) is 0 Å². The molecule has 0 unspecified atom stereocenters. The molecule has 0 aliphatic rings. The highest BCUT2D eigenvalue weighted by Crippen LogP contribution is 2.41. The molecule has 3 nitrogen and oxygen atoms in total. The minimum absolute atomic E-state index is 0.165. The fourth-order valence-corrected chi connectivity index (χ4v) is 5.03. The Balaban J connectivity index is 1.52. The third-order valence-electron chi connectivity index (χ3n) is 6.57. The first-order valence-corrected chi connectivity index (χ1v) is 11.4. The summed E-state index contributed by atoms with van der Waals surface area (Å²) in [6.45, 7) is 0. The van der Waals surface area contributed by atoms with Crippen molar-refractivity contribution in [1.29, 1.82) is 0 Å². The molecule has 0 fully saturated rings. The molecule has 5 aromatic rings. The summed E-state index contributed by atoms with van der Waals surface area (Å²) < 4.78 is 4.68. The average molecular weight is 423 g/mol. The van der Waals surface area contributed by atoms with Crippen molar-refractivity contribution >= 4 is 54.8 Å². The number of unbranched alkanes of at least 4 members (excludes halogenated alkanes) is 3. The van der Waals surface area contributed by atoms with Crippen LogP contribution in [0.5, 0.6) is 0 Å². The van der Waals surface area contributed by atoms with E-state index in [4.69, 9.17) is 0 Å². The highest BCUT2D eigenvalue weighted by atomic mass is 16.5. The Labute approximate surface area is 187 Å². The molecule has 0 saturated carbocycles. The van der Waals surface area contributed by atoms with Crippen LogP contribution in [-0.2, 0) is 9.53 Å². The van der Waals surface area contributed by atoms with Crippen LogP contribution in [0.2, 0.25) is 0 Å². The van der Waals surface area contributed by atoms with Crippen LogP contribution >= 0.6 is 0 Å². The van der Waals surface area contributed by atoms with Gasteiger partial charge >= 0.3 is 5.97 Å². The monoisotopic (exact) mass is 422 g/mol. The SMILES string of the molecule is COC(=O)CCCCCCC(=O)c1ccc2cccc3c4cccc5cccc(c1c23)c54. The van der Waals surface area contributed by atoms with Crippen molar-refractivity contribution in [2.45, 2.75) is 38.5 Å². The maximum Gasteiger partial charge on any atom is 0.305 e. The van der Waals surface area contributed by atoms with Gasteiger partial charge in [-0.05, 0) is 50.5 Å². The molecule has 0 aliphatic carbocycles. The first-order valence-electron chi connectivity index (χ1n) is 11.4. The first kappa shape index (κ1) is 20.4. The van der Waals surface area contributed by atoms with Gasteiger partial charge in [0.1, 0.15) is 0 Å². The van der Waals surface area contributed by atoms with Crippen LogP contribution in [0.25, 0.3) is 43.1 Å². The lowest BCUT2D eigenvalue weighted by Crippen LogP contribution is -2.02. The Morgan fingerprint density at radius 2 is 1.22 bits per heavy atom. The Morgan fingerprint density at radius 3 is 1.91 bits per heavy atom. The molecule has 0 amide bonds. The predicted octanol–water partition coefficient (Wildman–Crippen LogP) is 7.43. The van der Waals surface area contributed by atoms with E-state index < -0.39 is 0 Å². The summed E-state index contributed by atoms with van der Waals surface area (Å²) in [6.07, 6.45) is 4.49. The van der Waals surface area contributed by atoms with Crippen LogP contribution in [0.3, 0.4) is 0 Å². The second-order valence-electron chi connectivity index (χ2n) is 8.51. The lowest BCUT2D eigenvalue weighted by Gasteiger charge is -2.16. The van der Waals surface area contributed by atoms with Crippen molar-refractivity contribution in [2.75, 3.05) is 7.11 Å². The normalized spacial score (nSPS) is 11.7. The van der Waals surface area contributed by atoms with E-state index in [0.29, 0.717) is 12.8 Å². The highest BCUT2D eigenvalue weighted by molar-refractivity contribution is 6.35. The Morgan fingerprint density at radius 1 is 0.625 bits per heavy atom. The summed E-state index contributed by atoms with van der Waals surface area (Å²) in [6, 6.07) is 23.3. The molecule has 0 spiro atoms. The summed E-state index contributed by atoms with van der Waals surface area (Å²) >= 11 is 0. The number of fused-ring (bicyclic) bond motifs is 2. The molecule has 32 heavy (non-hydrogen) atoms. The van der Waals surface area contributed by atoms with Crippen LogP contribution in [0.1, 0.15) is 48.9 Å². The van der Waals surface area contributed by atoms with Crippen molar-refractivity contribution in [3.63, 3.8) is 0 Å². The molecule has 0 heterocycles. The van der Waals surface area contributed by atoms with Gasteiger partial charge in [-0.3, -0.25) is 9.59 Å². The van der Waals surface area contributed by atoms with Gasteiger partial charge in [0.25, 0.3) is 0 Å².